The summed E-state index contributed by atoms with van der Waals surface area (Å²) < 4.78 is 0. The van der Waals surface area contributed by atoms with Crippen LogP contribution in [-0.4, -0.2) is 23.2 Å². The first kappa shape index (κ1) is 14.1. The van der Waals surface area contributed by atoms with E-state index >= 15 is 0 Å². The van der Waals surface area contributed by atoms with Crippen LogP contribution in [0.4, 0.5) is 5.82 Å². The molecule has 0 radical (unpaired) electrons. The van der Waals surface area contributed by atoms with Crippen LogP contribution in [0.5, 0.6) is 0 Å². The van der Waals surface area contributed by atoms with Gasteiger partial charge in [0.05, 0.1) is 0 Å². The fraction of sp³-hybridized carbons (Fsp3) is 0.389. The van der Waals surface area contributed by atoms with Crippen LogP contribution in [0, 0.1) is 6.92 Å². The average molecular weight is 282 g/mol. The van der Waals surface area contributed by atoms with Gasteiger partial charge in [0.1, 0.15) is 11.9 Å². The third-order valence-corrected chi connectivity index (χ3v) is 4.23. The summed E-state index contributed by atoms with van der Waals surface area (Å²) in [7, 11) is 0. The van der Waals surface area contributed by atoms with Gasteiger partial charge in [-0.15, -0.1) is 0 Å². The lowest BCUT2D eigenvalue weighted by Crippen LogP contribution is -2.30. The summed E-state index contributed by atoms with van der Waals surface area (Å²) in [5, 5.41) is 10.5. The zero-order chi connectivity index (χ0) is 14.7. The van der Waals surface area contributed by atoms with Crippen LogP contribution in [0.25, 0.3) is 0 Å². The van der Waals surface area contributed by atoms with E-state index < -0.39 is 6.10 Å². The maximum Gasteiger partial charge on any atom is 0.128 e. The number of benzene rings is 1. The molecule has 1 aromatic heterocycles. The number of aliphatic hydroxyl groups excluding tert-OH is 1. The van der Waals surface area contributed by atoms with Gasteiger partial charge in [-0.25, -0.2) is 4.98 Å². The van der Waals surface area contributed by atoms with E-state index in [1.807, 2.05) is 36.5 Å². The summed E-state index contributed by atoms with van der Waals surface area (Å²) in [6.07, 6.45) is 5.04. The lowest BCUT2D eigenvalue weighted by atomic mass is 9.99. The number of aromatic nitrogens is 1. The van der Waals surface area contributed by atoms with E-state index in [9.17, 15) is 5.11 Å². The fourth-order valence-corrected chi connectivity index (χ4v) is 2.95. The largest absolute Gasteiger partial charge is 0.384 e. The topological polar surface area (TPSA) is 36.4 Å². The molecular formula is C18H22N2O. The first-order valence-electron chi connectivity index (χ1n) is 7.70. The van der Waals surface area contributed by atoms with E-state index in [1.165, 1.54) is 19.3 Å². The highest BCUT2D eigenvalue weighted by Crippen LogP contribution is 2.27. The highest BCUT2D eigenvalue weighted by Gasteiger charge is 2.16. The molecule has 2 aromatic rings. The van der Waals surface area contributed by atoms with Crippen molar-refractivity contribution in [2.45, 2.75) is 32.3 Å². The molecule has 1 aromatic carbocycles. The summed E-state index contributed by atoms with van der Waals surface area (Å²) in [5.41, 5.74) is 2.90. The van der Waals surface area contributed by atoms with E-state index in [4.69, 9.17) is 0 Å². The quantitative estimate of drug-likeness (QED) is 0.936. The summed E-state index contributed by atoms with van der Waals surface area (Å²) >= 11 is 0. The van der Waals surface area contributed by atoms with E-state index in [0.717, 1.165) is 35.6 Å². The van der Waals surface area contributed by atoms with Crippen LogP contribution in [0.15, 0.2) is 42.6 Å². The van der Waals surface area contributed by atoms with Crippen LogP contribution in [-0.2, 0) is 0 Å². The van der Waals surface area contributed by atoms with Gasteiger partial charge in [0, 0.05) is 24.8 Å². The smallest absolute Gasteiger partial charge is 0.128 e. The van der Waals surface area contributed by atoms with Crippen LogP contribution in [0.1, 0.15) is 42.1 Å². The Morgan fingerprint density at radius 2 is 1.81 bits per heavy atom. The number of nitrogens with zero attached hydrogens (tertiary/aromatic N) is 2. The Balaban J connectivity index is 1.84. The van der Waals surface area contributed by atoms with Gasteiger partial charge in [-0.05, 0) is 43.4 Å². The van der Waals surface area contributed by atoms with Crippen molar-refractivity contribution in [1.82, 2.24) is 4.98 Å². The minimum absolute atomic E-state index is 0.603. The second-order valence-corrected chi connectivity index (χ2v) is 5.76. The van der Waals surface area contributed by atoms with Crippen LogP contribution < -0.4 is 4.90 Å². The van der Waals surface area contributed by atoms with Gasteiger partial charge in [-0.2, -0.15) is 0 Å². The van der Waals surface area contributed by atoms with Gasteiger partial charge in [0.15, 0.2) is 0 Å². The number of aliphatic hydroxyl groups is 1. The number of pyridine rings is 1. The van der Waals surface area contributed by atoms with Crippen molar-refractivity contribution in [3.8, 4) is 0 Å². The number of rotatable bonds is 3. The molecule has 3 heteroatoms. The number of anilines is 1. The predicted octanol–water partition coefficient (Wildman–Crippen LogP) is 3.46. The van der Waals surface area contributed by atoms with Gasteiger partial charge in [-0.1, -0.05) is 30.3 Å². The monoisotopic (exact) mass is 282 g/mol. The molecule has 1 atom stereocenters. The van der Waals surface area contributed by atoms with Gasteiger partial charge in [0.2, 0.25) is 0 Å². The molecule has 1 aliphatic heterocycles. The Hall–Kier alpha value is -1.87. The first-order valence-corrected chi connectivity index (χ1v) is 7.70. The molecule has 3 rings (SSSR count). The Labute approximate surface area is 126 Å². The number of aryl methyl sites for hydroxylation is 1. The normalized spacial score (nSPS) is 16.8. The van der Waals surface area contributed by atoms with Crippen LogP contribution >= 0.6 is 0 Å². The van der Waals surface area contributed by atoms with E-state index in [1.54, 1.807) is 0 Å². The molecule has 1 N–H and O–H groups in total. The van der Waals surface area contributed by atoms with E-state index in [-0.39, 0.29) is 0 Å². The van der Waals surface area contributed by atoms with Gasteiger partial charge < -0.3 is 10.0 Å². The predicted molar refractivity (Wildman–Crippen MR) is 85.5 cm³/mol. The van der Waals surface area contributed by atoms with E-state index in [0.29, 0.717) is 0 Å². The van der Waals surface area contributed by atoms with Crippen molar-refractivity contribution in [2.24, 2.45) is 0 Å². The number of hydrogen-bond acceptors (Lipinski definition) is 3. The number of piperidine rings is 1. The Morgan fingerprint density at radius 3 is 2.48 bits per heavy atom. The number of hydrogen-bond donors (Lipinski definition) is 1. The van der Waals surface area contributed by atoms with Crippen molar-refractivity contribution >= 4 is 5.82 Å². The third kappa shape index (κ3) is 3.08. The molecule has 1 fully saturated rings. The summed E-state index contributed by atoms with van der Waals surface area (Å²) in [6, 6.07) is 11.9. The average Bonchev–Trinajstić information content (AvgIpc) is 2.56. The van der Waals surface area contributed by atoms with Crippen molar-refractivity contribution in [3.05, 3.63) is 59.3 Å². The molecule has 0 unspecified atom stereocenters. The van der Waals surface area contributed by atoms with Crippen LogP contribution in [0.3, 0.4) is 0 Å². The van der Waals surface area contributed by atoms with Gasteiger partial charge in [0.25, 0.3) is 0 Å². The molecule has 1 aliphatic rings. The Kier molecular flexibility index (Phi) is 4.20. The minimum atomic E-state index is -0.603. The molecule has 0 bridgehead atoms. The second-order valence-electron chi connectivity index (χ2n) is 5.76. The van der Waals surface area contributed by atoms with Crippen LogP contribution in [0.2, 0.25) is 0 Å². The van der Waals surface area contributed by atoms with Crippen molar-refractivity contribution in [1.29, 1.82) is 0 Å². The summed E-state index contributed by atoms with van der Waals surface area (Å²) in [4.78, 5) is 6.92. The molecule has 2 heterocycles. The second kappa shape index (κ2) is 6.27. The zero-order valence-electron chi connectivity index (χ0n) is 12.5. The Morgan fingerprint density at radius 1 is 1.10 bits per heavy atom. The zero-order valence-corrected chi connectivity index (χ0v) is 12.5. The van der Waals surface area contributed by atoms with Crippen molar-refractivity contribution < 1.29 is 5.11 Å². The van der Waals surface area contributed by atoms with E-state index in [2.05, 4.69) is 22.9 Å². The molecule has 21 heavy (non-hydrogen) atoms. The van der Waals surface area contributed by atoms with Crippen molar-refractivity contribution in [2.75, 3.05) is 18.0 Å². The molecule has 0 amide bonds. The van der Waals surface area contributed by atoms with Gasteiger partial charge in [-0.3, -0.25) is 0 Å². The highest BCUT2D eigenvalue weighted by molar-refractivity contribution is 5.45. The first-order chi connectivity index (χ1) is 10.3. The summed E-state index contributed by atoms with van der Waals surface area (Å²) in [6.45, 7) is 4.23. The Bertz CT molecular complexity index is 591. The molecule has 0 aliphatic carbocycles. The molecule has 0 saturated carbocycles. The maximum absolute atomic E-state index is 10.5. The summed E-state index contributed by atoms with van der Waals surface area (Å²) in [5.74, 6) is 1.04. The van der Waals surface area contributed by atoms with Crippen molar-refractivity contribution in [3.63, 3.8) is 0 Å². The lowest BCUT2D eigenvalue weighted by Gasteiger charge is -2.28. The SMILES string of the molecule is Cc1cc(N2CCCCC2)ncc1[C@@H](O)c1ccccc1. The highest BCUT2D eigenvalue weighted by atomic mass is 16.3. The standard InChI is InChI=1S/C18H22N2O/c1-14-12-17(20-10-6-3-7-11-20)19-13-16(14)18(21)15-8-4-2-5-9-15/h2,4-5,8-9,12-13,18,21H,3,6-7,10-11H2,1H3/t18-/m0/s1. The molecular weight excluding hydrogens is 260 g/mol. The molecule has 1 saturated heterocycles. The molecule has 0 spiro atoms. The third-order valence-electron chi connectivity index (χ3n) is 4.23. The van der Waals surface area contributed by atoms with Gasteiger partial charge >= 0.3 is 0 Å². The maximum atomic E-state index is 10.5. The molecule has 3 nitrogen and oxygen atoms in total. The fourth-order valence-electron chi connectivity index (χ4n) is 2.95. The molecule has 110 valence electrons. The minimum Gasteiger partial charge on any atom is -0.384 e. The lowest BCUT2D eigenvalue weighted by molar-refractivity contribution is 0.219.